The number of fused-ring (bicyclic) bond motifs is 1. The van der Waals surface area contributed by atoms with Crippen LogP contribution in [0.1, 0.15) is 0 Å². The van der Waals surface area contributed by atoms with Gasteiger partial charge in [-0.1, -0.05) is 30.3 Å². The van der Waals surface area contributed by atoms with Gasteiger partial charge in [-0.2, -0.15) is 0 Å². The maximum absolute atomic E-state index is 4.41. The third-order valence-corrected chi connectivity index (χ3v) is 7.45. The Labute approximate surface area is 169 Å². The van der Waals surface area contributed by atoms with Gasteiger partial charge in [0, 0.05) is 14.1 Å². The molecule has 7 rings (SSSR count). The van der Waals surface area contributed by atoms with Gasteiger partial charge in [-0.25, -0.2) is 14.7 Å². The first-order valence-corrected chi connectivity index (χ1v) is 10.8. The molecule has 0 atom stereocenters. The molecule has 4 aliphatic heterocycles. The van der Waals surface area contributed by atoms with Crippen molar-refractivity contribution >= 4 is 19.0 Å². The van der Waals surface area contributed by atoms with E-state index >= 15 is 0 Å². The summed E-state index contributed by atoms with van der Waals surface area (Å²) in [7, 11) is 0.0297. The molecule has 26 heavy (non-hydrogen) atoms. The third-order valence-electron chi connectivity index (χ3n) is 4.77. The van der Waals surface area contributed by atoms with Crippen LogP contribution in [0.2, 0.25) is 0 Å². The fourth-order valence-corrected chi connectivity index (χ4v) is 6.69. The Hall–Kier alpha value is -1.11. The molecule has 0 radical (unpaired) electrons. The molecule has 8 heteroatoms. The number of para-hydroxylation sites is 2. The molecule has 0 aliphatic carbocycles. The number of hydrogen-bond acceptors (Lipinski definition) is 5. The molecule has 0 N–H and O–H groups in total. The van der Waals surface area contributed by atoms with Crippen LogP contribution in [-0.2, 0) is 22.4 Å². The third kappa shape index (κ3) is 3.78. The van der Waals surface area contributed by atoms with Gasteiger partial charge < -0.3 is 9.97 Å². The Bertz CT molecular complexity index is 781. The van der Waals surface area contributed by atoms with Crippen LogP contribution >= 0.6 is 7.92 Å². The second-order valence-electron chi connectivity index (χ2n) is 6.91. The Morgan fingerprint density at radius 1 is 0.846 bits per heavy atom. The van der Waals surface area contributed by atoms with Crippen molar-refractivity contribution in [1.29, 1.82) is 0 Å². The largest absolute Gasteiger partial charge is 1.00 e. The van der Waals surface area contributed by atoms with E-state index in [-0.39, 0.29) is 30.3 Å². The minimum Gasteiger partial charge on any atom is -0.434 e. The van der Waals surface area contributed by atoms with E-state index in [2.05, 4.69) is 29.7 Å². The Balaban J connectivity index is 0.000000133. The second-order valence-corrected chi connectivity index (χ2v) is 9.36. The van der Waals surface area contributed by atoms with Crippen molar-refractivity contribution < 1.29 is 22.4 Å². The van der Waals surface area contributed by atoms with Crippen molar-refractivity contribution in [2.24, 2.45) is 0 Å². The van der Waals surface area contributed by atoms with Gasteiger partial charge in [0.1, 0.15) is 18.9 Å². The van der Waals surface area contributed by atoms with E-state index in [4.69, 9.17) is 0 Å². The molecule has 4 aliphatic rings. The smallest absolute Gasteiger partial charge is 0.434 e. The van der Waals surface area contributed by atoms with Gasteiger partial charge in [-0.3, -0.25) is 4.98 Å². The predicted octanol–water partition coefficient (Wildman–Crippen LogP) is 2.14. The van der Waals surface area contributed by atoms with Gasteiger partial charge in [0.15, 0.2) is 0 Å². The van der Waals surface area contributed by atoms with Crippen molar-refractivity contribution in [2.75, 3.05) is 38.9 Å². The number of imidazole rings is 1. The summed E-state index contributed by atoms with van der Waals surface area (Å²) in [5.74, 6) is 0.691. The van der Waals surface area contributed by atoms with Crippen molar-refractivity contribution in [2.45, 2.75) is 0 Å². The predicted molar refractivity (Wildman–Crippen MR) is 101 cm³/mol. The number of hydrogen-bond donors (Lipinski definition) is 0. The van der Waals surface area contributed by atoms with E-state index in [1.165, 1.54) is 38.9 Å². The fourth-order valence-electron chi connectivity index (χ4n) is 3.90. The molecule has 6 heterocycles. The topological polar surface area (TPSA) is 49.6 Å². The van der Waals surface area contributed by atoms with Crippen LogP contribution in [0.4, 0.5) is 0 Å². The van der Waals surface area contributed by atoms with E-state index in [0.717, 1.165) is 16.7 Å². The number of nitrogens with zero attached hydrogens (tertiary/aromatic N) is 6. The summed E-state index contributed by atoms with van der Waals surface area (Å²) in [6.07, 6.45) is 6.11. The standard InChI is InChI=1S/C12H8N3.C6H12N3P.Au/c1-2-6-10-9(5-1)14-12(15-10)11-7-3-4-8-13-11;1-7-2-9-3-8(1)5-10(4-7)6-9;/h1-8H;1-6H2;/q-1;;+1/p+1. The molecule has 0 amide bonds. The van der Waals surface area contributed by atoms with Gasteiger partial charge in [0.05, 0.1) is 25.7 Å². The van der Waals surface area contributed by atoms with Crippen LogP contribution in [0.5, 0.6) is 0 Å². The average Bonchev–Trinajstić information content (AvgIpc) is 3.06. The maximum atomic E-state index is 4.41. The average molecular weight is 549 g/mol. The first-order chi connectivity index (χ1) is 12.3. The first-order valence-electron chi connectivity index (χ1n) is 8.65. The van der Waals surface area contributed by atoms with Crippen LogP contribution in [0.15, 0.2) is 48.7 Å². The van der Waals surface area contributed by atoms with Gasteiger partial charge in [0.2, 0.25) is 0 Å². The fraction of sp³-hybridized carbons (Fsp3) is 0.333. The molecular weight excluding hydrogens is 528 g/mol. The van der Waals surface area contributed by atoms with Gasteiger partial charge in [0.25, 0.3) is 0 Å². The number of benzene rings is 1. The van der Waals surface area contributed by atoms with Crippen LogP contribution in [0.25, 0.3) is 22.6 Å². The summed E-state index contributed by atoms with van der Waals surface area (Å²) in [4.78, 5) is 20.8. The summed E-state index contributed by atoms with van der Waals surface area (Å²) in [5.41, 5.74) is 2.64. The summed E-state index contributed by atoms with van der Waals surface area (Å²) < 4.78 is 0. The first kappa shape index (κ1) is 18.3. The zero-order valence-corrected chi connectivity index (χ0v) is 17.5. The number of rotatable bonds is 1. The SMILES string of the molecule is C1N2CN3CN1C[PH+](C2)C3.[Au+].c1ccc(-c2nc3ccccc3[n-]2)nc1. The van der Waals surface area contributed by atoms with Crippen molar-refractivity contribution in [1.82, 2.24) is 29.7 Å². The maximum Gasteiger partial charge on any atom is 1.00 e. The zero-order valence-electron chi connectivity index (χ0n) is 14.3. The monoisotopic (exact) mass is 549 g/mol. The van der Waals surface area contributed by atoms with E-state index in [1.54, 1.807) is 6.20 Å². The molecule has 0 saturated carbocycles. The number of pyridine rings is 1. The Kier molecular flexibility index (Phi) is 5.53. The van der Waals surface area contributed by atoms with Gasteiger partial charge in [-0.05, 0) is 29.0 Å². The van der Waals surface area contributed by atoms with E-state index < -0.39 is 0 Å². The quantitative estimate of drug-likeness (QED) is 0.343. The summed E-state index contributed by atoms with van der Waals surface area (Å²) in [5, 5.41) is 0. The molecule has 4 bridgehead atoms. The van der Waals surface area contributed by atoms with Crippen molar-refractivity contribution in [3.8, 4) is 11.5 Å². The van der Waals surface area contributed by atoms with Crippen molar-refractivity contribution in [3.63, 3.8) is 0 Å². The Morgan fingerprint density at radius 2 is 1.50 bits per heavy atom. The molecular formula is C18H21AuN6P+. The number of aromatic nitrogens is 3. The molecule has 4 fully saturated rings. The summed E-state index contributed by atoms with van der Waals surface area (Å²) in [6, 6.07) is 13.5. The molecule has 1 aromatic carbocycles. The van der Waals surface area contributed by atoms with Crippen LogP contribution < -0.4 is 4.98 Å². The molecule has 138 valence electrons. The molecule has 2 aromatic heterocycles. The molecule has 3 aromatic rings. The molecule has 4 saturated heterocycles. The summed E-state index contributed by atoms with van der Waals surface area (Å²) in [6.45, 7) is 3.76. The normalized spacial score (nSPS) is 28.3. The Morgan fingerprint density at radius 3 is 2.08 bits per heavy atom. The minimum atomic E-state index is 0. The van der Waals surface area contributed by atoms with Crippen LogP contribution in [0.3, 0.4) is 0 Å². The van der Waals surface area contributed by atoms with Crippen molar-refractivity contribution in [3.05, 3.63) is 48.7 Å². The van der Waals surface area contributed by atoms with Gasteiger partial charge in [-0.15, -0.1) is 0 Å². The van der Waals surface area contributed by atoms with E-state index in [9.17, 15) is 0 Å². The molecule has 6 nitrogen and oxygen atoms in total. The van der Waals surface area contributed by atoms with E-state index in [1.807, 2.05) is 42.5 Å². The minimum absolute atomic E-state index is 0. The van der Waals surface area contributed by atoms with E-state index in [0.29, 0.717) is 5.82 Å². The molecule has 0 unspecified atom stereocenters. The van der Waals surface area contributed by atoms with Gasteiger partial charge >= 0.3 is 22.4 Å². The van der Waals surface area contributed by atoms with Crippen LogP contribution in [0, 0.1) is 0 Å². The molecule has 0 spiro atoms. The van der Waals surface area contributed by atoms with Crippen LogP contribution in [-0.4, -0.2) is 63.5 Å². The summed E-state index contributed by atoms with van der Waals surface area (Å²) >= 11 is 0. The second kappa shape index (κ2) is 7.87. The zero-order chi connectivity index (χ0) is 16.6.